The fourth-order valence-corrected chi connectivity index (χ4v) is 3.44. The Balaban J connectivity index is 1.69. The van der Waals surface area contributed by atoms with E-state index in [9.17, 15) is 13.2 Å². The van der Waals surface area contributed by atoms with Crippen molar-refractivity contribution in [3.8, 4) is 11.1 Å². The molecule has 0 heterocycles. The van der Waals surface area contributed by atoms with Crippen molar-refractivity contribution in [2.45, 2.75) is 17.9 Å². The van der Waals surface area contributed by atoms with E-state index in [0.717, 1.165) is 22.9 Å². The molecule has 3 aromatic rings. The van der Waals surface area contributed by atoms with Gasteiger partial charge < -0.3 is 5.32 Å². The lowest BCUT2D eigenvalue weighted by Gasteiger charge is -2.15. The van der Waals surface area contributed by atoms with Crippen molar-refractivity contribution in [3.05, 3.63) is 90.0 Å². The van der Waals surface area contributed by atoms with Gasteiger partial charge in [-0.3, -0.25) is 4.79 Å². The topological polar surface area (TPSA) is 63.2 Å². The van der Waals surface area contributed by atoms with Crippen LogP contribution in [0.15, 0.2) is 83.8 Å². The molecule has 1 amide bonds. The van der Waals surface area contributed by atoms with Crippen LogP contribution in [-0.4, -0.2) is 20.6 Å². The Bertz CT molecular complexity index is 1030. The smallest absolute Gasteiger partial charge is 0.251 e. The van der Waals surface area contributed by atoms with Gasteiger partial charge in [-0.1, -0.05) is 54.6 Å². The van der Waals surface area contributed by atoms with Crippen molar-refractivity contribution in [1.82, 2.24) is 5.32 Å². The van der Waals surface area contributed by atoms with Gasteiger partial charge in [-0.15, -0.1) is 0 Å². The highest BCUT2D eigenvalue weighted by molar-refractivity contribution is 7.90. The first-order chi connectivity index (χ1) is 12.8. The van der Waals surface area contributed by atoms with Crippen molar-refractivity contribution in [3.63, 3.8) is 0 Å². The summed E-state index contributed by atoms with van der Waals surface area (Å²) in [5.41, 5.74) is 3.69. The van der Waals surface area contributed by atoms with E-state index in [4.69, 9.17) is 0 Å². The lowest BCUT2D eigenvalue weighted by atomic mass is 10.0. The van der Waals surface area contributed by atoms with Gasteiger partial charge in [0.1, 0.15) is 0 Å². The van der Waals surface area contributed by atoms with Crippen LogP contribution in [0.25, 0.3) is 11.1 Å². The van der Waals surface area contributed by atoms with E-state index in [-0.39, 0.29) is 16.8 Å². The zero-order valence-electron chi connectivity index (χ0n) is 15.2. The first-order valence-corrected chi connectivity index (χ1v) is 10.5. The monoisotopic (exact) mass is 379 g/mol. The van der Waals surface area contributed by atoms with Gasteiger partial charge in [-0.05, 0) is 47.9 Å². The number of hydrogen-bond acceptors (Lipinski definition) is 3. The minimum Gasteiger partial charge on any atom is -0.346 e. The van der Waals surface area contributed by atoms with Crippen LogP contribution in [0.2, 0.25) is 0 Å². The molecule has 0 fully saturated rings. The molecule has 0 bridgehead atoms. The van der Waals surface area contributed by atoms with Crippen molar-refractivity contribution in [2.75, 3.05) is 6.26 Å². The molecular formula is C22H21NO3S. The van der Waals surface area contributed by atoms with E-state index in [1.807, 2.05) is 49.4 Å². The largest absolute Gasteiger partial charge is 0.346 e. The average molecular weight is 379 g/mol. The summed E-state index contributed by atoms with van der Waals surface area (Å²) in [6.45, 7) is 1.92. The third-order valence-corrected chi connectivity index (χ3v) is 5.54. The maximum Gasteiger partial charge on any atom is 0.251 e. The number of rotatable bonds is 5. The molecular weight excluding hydrogens is 358 g/mol. The minimum absolute atomic E-state index is 0.170. The summed E-state index contributed by atoms with van der Waals surface area (Å²) in [6.07, 6.45) is 1.14. The number of carbonyl (C=O) groups is 1. The zero-order valence-corrected chi connectivity index (χ0v) is 16.0. The number of sulfone groups is 1. The second-order valence-corrected chi connectivity index (χ2v) is 8.50. The van der Waals surface area contributed by atoms with E-state index < -0.39 is 9.84 Å². The first kappa shape index (κ1) is 18.9. The molecule has 0 saturated heterocycles. The molecule has 0 aliphatic heterocycles. The molecule has 27 heavy (non-hydrogen) atoms. The molecule has 0 aliphatic rings. The summed E-state index contributed by atoms with van der Waals surface area (Å²) in [7, 11) is -3.27. The molecule has 1 N–H and O–H groups in total. The average Bonchev–Trinajstić information content (AvgIpc) is 2.68. The summed E-state index contributed by atoms with van der Waals surface area (Å²) in [4.78, 5) is 12.6. The molecule has 3 aromatic carbocycles. The maximum absolute atomic E-state index is 12.4. The summed E-state index contributed by atoms with van der Waals surface area (Å²) >= 11 is 0. The van der Waals surface area contributed by atoms with Crippen LogP contribution < -0.4 is 5.32 Å². The first-order valence-electron chi connectivity index (χ1n) is 8.61. The van der Waals surface area contributed by atoms with Crippen LogP contribution in [0, 0.1) is 0 Å². The molecule has 4 nitrogen and oxygen atoms in total. The van der Waals surface area contributed by atoms with Gasteiger partial charge in [0.25, 0.3) is 5.91 Å². The number of benzene rings is 3. The standard InChI is InChI=1S/C22H21NO3S/c1-16(17-8-10-19(11-9-17)18-6-4-3-5-7-18)23-22(24)20-12-14-21(15-13-20)27(2,25)26/h3-16H,1-2H3,(H,23,24)/t16-/m0/s1. The number of hydrogen-bond donors (Lipinski definition) is 1. The van der Waals surface area contributed by atoms with Gasteiger partial charge in [0.2, 0.25) is 0 Å². The summed E-state index contributed by atoms with van der Waals surface area (Å²) in [5.74, 6) is -0.241. The number of amides is 1. The van der Waals surface area contributed by atoms with Crippen LogP contribution in [0.5, 0.6) is 0 Å². The van der Waals surface area contributed by atoms with Crippen LogP contribution in [0.4, 0.5) is 0 Å². The van der Waals surface area contributed by atoms with Crippen molar-refractivity contribution >= 4 is 15.7 Å². The lowest BCUT2D eigenvalue weighted by molar-refractivity contribution is 0.0940. The molecule has 0 aromatic heterocycles. The van der Waals surface area contributed by atoms with Gasteiger partial charge in [0.15, 0.2) is 9.84 Å². The van der Waals surface area contributed by atoms with E-state index in [0.29, 0.717) is 5.56 Å². The van der Waals surface area contributed by atoms with Crippen LogP contribution >= 0.6 is 0 Å². The molecule has 138 valence electrons. The van der Waals surface area contributed by atoms with Crippen molar-refractivity contribution in [2.24, 2.45) is 0 Å². The summed E-state index contributed by atoms with van der Waals surface area (Å²) in [6, 6.07) is 23.9. The van der Waals surface area contributed by atoms with Gasteiger partial charge in [-0.2, -0.15) is 0 Å². The van der Waals surface area contributed by atoms with Crippen molar-refractivity contribution in [1.29, 1.82) is 0 Å². The third kappa shape index (κ3) is 4.63. The highest BCUT2D eigenvalue weighted by atomic mass is 32.2. The molecule has 0 aliphatic carbocycles. The highest BCUT2D eigenvalue weighted by Gasteiger charge is 2.13. The minimum atomic E-state index is -3.27. The van der Waals surface area contributed by atoms with Gasteiger partial charge >= 0.3 is 0 Å². The Morgan fingerprint density at radius 1 is 0.815 bits per heavy atom. The van der Waals surface area contributed by atoms with Crippen LogP contribution in [0.1, 0.15) is 28.9 Å². The second-order valence-electron chi connectivity index (χ2n) is 6.48. The summed E-state index contributed by atoms with van der Waals surface area (Å²) in [5, 5.41) is 2.94. The van der Waals surface area contributed by atoms with E-state index in [1.165, 1.54) is 24.3 Å². The Morgan fingerprint density at radius 2 is 1.37 bits per heavy atom. The Hall–Kier alpha value is -2.92. The SMILES string of the molecule is C[C@H](NC(=O)c1ccc(S(C)(=O)=O)cc1)c1ccc(-c2ccccc2)cc1. The van der Waals surface area contributed by atoms with Gasteiger partial charge in [0.05, 0.1) is 10.9 Å². The lowest BCUT2D eigenvalue weighted by Crippen LogP contribution is -2.26. The predicted octanol–water partition coefficient (Wildman–Crippen LogP) is 4.25. The fourth-order valence-electron chi connectivity index (χ4n) is 2.81. The normalized spacial score (nSPS) is 12.4. The molecule has 5 heteroatoms. The molecule has 0 unspecified atom stereocenters. The second kappa shape index (κ2) is 7.76. The fraction of sp³-hybridized carbons (Fsp3) is 0.136. The number of nitrogens with one attached hydrogen (secondary N) is 1. The van der Waals surface area contributed by atoms with Crippen LogP contribution in [-0.2, 0) is 9.84 Å². The Kier molecular flexibility index (Phi) is 5.42. The molecule has 3 rings (SSSR count). The summed E-state index contributed by atoms with van der Waals surface area (Å²) < 4.78 is 23.0. The Morgan fingerprint density at radius 3 is 1.93 bits per heavy atom. The van der Waals surface area contributed by atoms with E-state index in [2.05, 4.69) is 17.4 Å². The van der Waals surface area contributed by atoms with Crippen molar-refractivity contribution < 1.29 is 13.2 Å². The van der Waals surface area contributed by atoms with Crippen LogP contribution in [0.3, 0.4) is 0 Å². The molecule has 0 radical (unpaired) electrons. The van der Waals surface area contributed by atoms with E-state index >= 15 is 0 Å². The quantitative estimate of drug-likeness (QED) is 0.721. The molecule has 1 atom stereocenters. The third-order valence-electron chi connectivity index (χ3n) is 4.41. The zero-order chi connectivity index (χ0) is 19.4. The van der Waals surface area contributed by atoms with Gasteiger partial charge in [0, 0.05) is 11.8 Å². The number of carbonyl (C=O) groups excluding carboxylic acids is 1. The van der Waals surface area contributed by atoms with Gasteiger partial charge in [-0.25, -0.2) is 8.42 Å². The van der Waals surface area contributed by atoms with E-state index in [1.54, 1.807) is 0 Å². The predicted molar refractivity (Wildman–Crippen MR) is 107 cm³/mol. The molecule has 0 spiro atoms. The Labute approximate surface area is 159 Å². The highest BCUT2D eigenvalue weighted by Crippen LogP contribution is 2.22. The molecule has 0 saturated carbocycles. The maximum atomic E-state index is 12.4.